The third-order valence-electron chi connectivity index (χ3n) is 2.82. The number of thiol groups is 1. The number of nitrogen functional groups attached to an aromatic ring is 1. The Balaban J connectivity index is 0. The van der Waals surface area contributed by atoms with E-state index in [-0.39, 0.29) is 64.9 Å². The Kier molecular flexibility index (Phi) is 20.4. The molecular weight excluding hydrogens is 641 g/mol. The van der Waals surface area contributed by atoms with Crippen LogP contribution in [0.2, 0.25) is 0 Å². The van der Waals surface area contributed by atoms with Gasteiger partial charge in [0.05, 0.1) is 9.88 Å². The van der Waals surface area contributed by atoms with Crippen molar-refractivity contribution in [3.05, 3.63) is 55.4 Å². The molecule has 0 aliphatic carbocycles. The van der Waals surface area contributed by atoms with Crippen molar-refractivity contribution in [3.8, 4) is 0 Å². The van der Waals surface area contributed by atoms with Crippen LogP contribution in [0.4, 0.5) is 5.69 Å². The zero-order chi connectivity index (χ0) is 18.8. The molecule has 10 heteroatoms. The Morgan fingerprint density at radius 3 is 2.04 bits per heavy atom. The van der Waals surface area contributed by atoms with Gasteiger partial charge >= 0.3 is 51.4 Å². The van der Waals surface area contributed by atoms with E-state index in [1.54, 1.807) is 11.8 Å². The standard InChI is InChI=1S/C8H5BrS2.C6H5Br2N.C3H5OS.K.H2S/c9-6-2-1-3-7-5(6)4-8(10)11-7;7-4-2-1-3-5(8)6(4)9;1-2-4-3-5;;/h1-3H,4H2;1-3H,9H2;2H2,1H3;;1H2/q;;-1;+1;/p-1. The molecule has 0 atom stereocenters. The first kappa shape index (κ1) is 31.2. The number of para-hydroxylation sites is 1. The van der Waals surface area contributed by atoms with Gasteiger partial charge in [-0.2, -0.15) is 0 Å². The minimum absolute atomic E-state index is 0. The summed E-state index contributed by atoms with van der Waals surface area (Å²) < 4.78 is 8.51. The van der Waals surface area contributed by atoms with E-state index < -0.39 is 0 Å². The van der Waals surface area contributed by atoms with Crippen LogP contribution < -0.4 is 57.1 Å². The molecule has 0 radical (unpaired) electrons. The van der Waals surface area contributed by atoms with Gasteiger partial charge < -0.3 is 36.2 Å². The fourth-order valence-corrected chi connectivity index (χ4v) is 4.76. The molecule has 2 aromatic carbocycles. The van der Waals surface area contributed by atoms with Crippen LogP contribution in [0.5, 0.6) is 0 Å². The maximum Gasteiger partial charge on any atom is 1.00 e. The average molecular weight is 657 g/mol. The van der Waals surface area contributed by atoms with Gasteiger partial charge in [0.15, 0.2) is 0 Å². The van der Waals surface area contributed by atoms with Gasteiger partial charge in [0.25, 0.3) is 0 Å². The molecule has 2 aromatic rings. The average Bonchev–Trinajstić information content (AvgIpc) is 2.96. The molecule has 0 bridgehead atoms. The third kappa shape index (κ3) is 11.8. The first-order valence-electron chi connectivity index (χ1n) is 7.07. The summed E-state index contributed by atoms with van der Waals surface area (Å²) >= 11 is 21.1. The Morgan fingerprint density at radius 1 is 1.11 bits per heavy atom. The first-order valence-corrected chi connectivity index (χ1v) is 11.1. The molecule has 1 aliphatic rings. The Labute approximate surface area is 250 Å². The van der Waals surface area contributed by atoms with Crippen molar-refractivity contribution >= 4 is 113 Å². The normalized spacial score (nSPS) is 10.6. The minimum atomic E-state index is 0. The maximum atomic E-state index is 5.59. The summed E-state index contributed by atoms with van der Waals surface area (Å²) in [4.78, 5) is 1.31. The van der Waals surface area contributed by atoms with E-state index in [9.17, 15) is 0 Å². The number of anilines is 1. The molecule has 0 fully saturated rings. The van der Waals surface area contributed by atoms with Gasteiger partial charge in [0.1, 0.15) is 0 Å². The molecule has 1 aliphatic heterocycles. The summed E-state index contributed by atoms with van der Waals surface area (Å²) in [5, 5.41) is 0. The van der Waals surface area contributed by atoms with Crippen LogP contribution in [0.25, 0.3) is 0 Å². The molecule has 0 unspecified atom stereocenters. The molecule has 1 heterocycles. The van der Waals surface area contributed by atoms with Crippen LogP contribution in [0, 0.1) is 0 Å². The second-order valence-electron chi connectivity index (χ2n) is 4.52. The number of benzene rings is 2. The fraction of sp³-hybridized carbons (Fsp3) is 0.176. The van der Waals surface area contributed by atoms with Crippen molar-refractivity contribution in [2.45, 2.75) is 18.2 Å². The van der Waals surface area contributed by atoms with Crippen molar-refractivity contribution in [2.75, 3.05) is 12.3 Å². The summed E-state index contributed by atoms with van der Waals surface area (Å²) in [6, 6.07) is 12.0. The summed E-state index contributed by atoms with van der Waals surface area (Å²) in [6.07, 6.45) is 0.941. The monoisotopic (exact) mass is 654 g/mol. The van der Waals surface area contributed by atoms with Crippen molar-refractivity contribution in [2.24, 2.45) is 0 Å². The number of thiocarbonyl (C=S) groups is 2. The van der Waals surface area contributed by atoms with Gasteiger partial charge in [-0.25, -0.2) is 5.55 Å². The van der Waals surface area contributed by atoms with Crippen molar-refractivity contribution in [1.82, 2.24) is 0 Å². The number of thioether (sulfide) groups is 1. The van der Waals surface area contributed by atoms with E-state index in [4.69, 9.17) is 18.0 Å². The number of halogens is 3. The molecule has 142 valence electrons. The molecule has 3 rings (SSSR count). The number of ether oxygens (including phenoxy) is 1. The summed E-state index contributed by atoms with van der Waals surface area (Å²) in [7, 11) is 0. The minimum Gasteiger partial charge on any atom is -0.813 e. The number of nitrogens with two attached hydrogens (primary N) is 1. The quantitative estimate of drug-likeness (QED) is 0.132. The van der Waals surface area contributed by atoms with Crippen LogP contribution in [-0.2, 0) is 24.7 Å². The van der Waals surface area contributed by atoms with Gasteiger partial charge in [0, 0.05) is 31.3 Å². The van der Waals surface area contributed by atoms with Gasteiger partial charge in [-0.15, -0.1) is 0 Å². The smallest absolute Gasteiger partial charge is 0.813 e. The SMILES string of the molecule is CCO[C-]=S.Nc1c(Br)cccc1Br.S=C1Cc2c(Br)cccc2S1.[K+].[SH-]. The first-order chi connectivity index (χ1) is 11.9. The molecule has 0 saturated carbocycles. The topological polar surface area (TPSA) is 35.2 Å². The van der Waals surface area contributed by atoms with E-state index in [1.165, 1.54) is 14.9 Å². The second kappa shape index (κ2) is 17.7. The molecule has 2 N–H and O–H groups in total. The molecule has 0 spiro atoms. The predicted octanol–water partition coefficient (Wildman–Crippen LogP) is 3.81. The Hall–Kier alpha value is 2.00. The predicted molar refractivity (Wildman–Crippen MR) is 136 cm³/mol. The van der Waals surface area contributed by atoms with Gasteiger partial charge in [-0.05, 0) is 68.6 Å². The Bertz CT molecular complexity index is 730. The van der Waals surface area contributed by atoms with Crippen molar-refractivity contribution in [3.63, 3.8) is 0 Å². The van der Waals surface area contributed by atoms with E-state index in [2.05, 4.69) is 82.4 Å². The zero-order valence-electron chi connectivity index (χ0n) is 14.7. The second-order valence-corrected chi connectivity index (χ2v) is 9.14. The van der Waals surface area contributed by atoms with E-state index >= 15 is 0 Å². The van der Waals surface area contributed by atoms with Crippen LogP contribution in [0.15, 0.2) is 54.7 Å². The van der Waals surface area contributed by atoms with E-state index in [0.717, 1.165) is 25.3 Å². The number of fused-ring (bicyclic) bond motifs is 1. The molecule has 2 nitrogen and oxygen atoms in total. The molecule has 0 amide bonds. The number of rotatable bonds is 2. The Morgan fingerprint density at radius 2 is 1.63 bits per heavy atom. The largest absolute Gasteiger partial charge is 1.00 e. The maximum absolute atomic E-state index is 5.59. The molecule has 27 heavy (non-hydrogen) atoms. The summed E-state index contributed by atoms with van der Waals surface area (Å²) in [5.74, 6) is 0. The zero-order valence-corrected chi connectivity index (χ0v) is 25.9. The van der Waals surface area contributed by atoms with E-state index in [1.807, 2.05) is 31.2 Å². The fourth-order valence-electron chi connectivity index (χ4n) is 1.68. The van der Waals surface area contributed by atoms with Crippen LogP contribution in [-0.4, -0.2) is 16.4 Å². The molecular formula is C17H16Br3KNOS4-. The van der Waals surface area contributed by atoms with Crippen LogP contribution >= 0.6 is 84.0 Å². The summed E-state index contributed by atoms with van der Waals surface area (Å²) in [5.41, 5.74) is 9.79. The van der Waals surface area contributed by atoms with E-state index in [0.29, 0.717) is 6.61 Å². The number of hydrogen-bond acceptors (Lipinski definition) is 6. The van der Waals surface area contributed by atoms with Gasteiger partial charge in [-0.3, -0.25) is 0 Å². The number of hydrogen-bond donors (Lipinski definition) is 1. The van der Waals surface area contributed by atoms with Gasteiger partial charge in [0.2, 0.25) is 0 Å². The third-order valence-corrected chi connectivity index (χ3v) is 6.44. The van der Waals surface area contributed by atoms with Crippen LogP contribution in [0.3, 0.4) is 0 Å². The van der Waals surface area contributed by atoms with Gasteiger partial charge in [-0.1, -0.05) is 52.0 Å². The van der Waals surface area contributed by atoms with Crippen LogP contribution in [0.1, 0.15) is 12.5 Å². The molecule has 0 aromatic heterocycles. The molecule has 0 saturated heterocycles. The van der Waals surface area contributed by atoms with Crippen molar-refractivity contribution in [1.29, 1.82) is 0 Å². The summed E-state index contributed by atoms with van der Waals surface area (Å²) in [6.45, 7) is 2.49. The van der Waals surface area contributed by atoms with Crippen molar-refractivity contribution < 1.29 is 56.1 Å².